The molecule has 0 bridgehead atoms. The van der Waals surface area contributed by atoms with E-state index < -0.39 is 0 Å². The first-order valence-corrected chi connectivity index (χ1v) is 5.56. The van der Waals surface area contributed by atoms with Crippen LogP contribution in [0.15, 0.2) is 67.4 Å². The molecule has 3 N–H and O–H groups in total. The fourth-order valence-electron chi connectivity index (χ4n) is 1.45. The SMILES string of the molecule is Nc1cccc(-c2ccccn2)c1.c1c[nH]cn1. The number of nitrogens with zero attached hydrogens (tertiary/aromatic N) is 2. The van der Waals surface area contributed by atoms with Gasteiger partial charge in [-0.15, -0.1) is 0 Å². The van der Waals surface area contributed by atoms with E-state index in [1.165, 1.54) is 0 Å². The minimum Gasteiger partial charge on any atom is -0.399 e. The van der Waals surface area contributed by atoms with E-state index in [9.17, 15) is 0 Å². The maximum absolute atomic E-state index is 5.67. The van der Waals surface area contributed by atoms with Gasteiger partial charge in [-0.3, -0.25) is 4.98 Å². The lowest BCUT2D eigenvalue weighted by Crippen LogP contribution is -1.86. The Hall–Kier alpha value is -2.62. The molecular formula is C14H14N4. The first kappa shape index (κ1) is 11.9. The van der Waals surface area contributed by atoms with Crippen molar-refractivity contribution in [2.75, 3.05) is 5.73 Å². The van der Waals surface area contributed by atoms with Gasteiger partial charge in [-0.25, -0.2) is 4.98 Å². The van der Waals surface area contributed by atoms with Crippen LogP contribution in [-0.4, -0.2) is 15.0 Å². The Morgan fingerprint density at radius 2 is 1.94 bits per heavy atom. The first-order chi connectivity index (χ1) is 8.86. The van der Waals surface area contributed by atoms with Gasteiger partial charge in [0.2, 0.25) is 0 Å². The Kier molecular flexibility index (Phi) is 4.08. The lowest BCUT2D eigenvalue weighted by atomic mass is 10.1. The third kappa shape index (κ3) is 3.45. The standard InChI is InChI=1S/C11H10N2.C3H4N2/c12-10-5-3-4-9(8-10)11-6-1-2-7-13-11;1-2-5-3-4-1/h1-8H,12H2;1-3H,(H,4,5). The van der Waals surface area contributed by atoms with Crippen LogP contribution in [0.25, 0.3) is 11.3 Å². The molecule has 0 aliphatic heterocycles. The number of hydrogen-bond donors (Lipinski definition) is 2. The summed E-state index contributed by atoms with van der Waals surface area (Å²) in [6.45, 7) is 0. The summed E-state index contributed by atoms with van der Waals surface area (Å²) in [6.07, 6.45) is 6.86. The summed E-state index contributed by atoms with van der Waals surface area (Å²) in [5, 5.41) is 0. The summed E-state index contributed by atoms with van der Waals surface area (Å²) in [4.78, 5) is 10.7. The predicted octanol–water partition coefficient (Wildman–Crippen LogP) is 2.74. The zero-order valence-electron chi connectivity index (χ0n) is 9.82. The molecule has 0 unspecified atom stereocenters. The minimum absolute atomic E-state index is 0.767. The number of anilines is 1. The molecule has 0 spiro atoms. The molecule has 0 aliphatic carbocycles. The molecule has 4 heteroatoms. The molecule has 18 heavy (non-hydrogen) atoms. The molecule has 2 aromatic heterocycles. The summed E-state index contributed by atoms with van der Waals surface area (Å²) in [5.41, 5.74) is 8.44. The van der Waals surface area contributed by atoms with Crippen LogP contribution in [0.2, 0.25) is 0 Å². The molecule has 3 rings (SSSR count). The fourth-order valence-corrected chi connectivity index (χ4v) is 1.45. The van der Waals surface area contributed by atoms with Crippen LogP contribution in [0.3, 0.4) is 0 Å². The van der Waals surface area contributed by atoms with Gasteiger partial charge in [0.25, 0.3) is 0 Å². The van der Waals surface area contributed by atoms with E-state index in [-0.39, 0.29) is 0 Å². The quantitative estimate of drug-likeness (QED) is 0.640. The average molecular weight is 238 g/mol. The largest absolute Gasteiger partial charge is 0.399 e. The predicted molar refractivity (Wildman–Crippen MR) is 72.7 cm³/mol. The summed E-state index contributed by atoms with van der Waals surface area (Å²) < 4.78 is 0. The Balaban J connectivity index is 0.000000202. The Bertz CT molecular complexity index is 544. The summed E-state index contributed by atoms with van der Waals surface area (Å²) in [6, 6.07) is 13.5. The number of H-pyrrole nitrogens is 1. The van der Waals surface area contributed by atoms with Crippen LogP contribution in [0.5, 0.6) is 0 Å². The number of benzene rings is 1. The zero-order chi connectivity index (χ0) is 12.6. The van der Waals surface area contributed by atoms with E-state index >= 15 is 0 Å². The third-order valence-electron chi connectivity index (χ3n) is 2.25. The lowest BCUT2D eigenvalue weighted by molar-refractivity contribution is 1.31. The highest BCUT2D eigenvalue weighted by Gasteiger charge is 1.96. The Morgan fingerprint density at radius 1 is 1.00 bits per heavy atom. The highest BCUT2D eigenvalue weighted by Crippen LogP contribution is 2.18. The van der Waals surface area contributed by atoms with E-state index in [1.807, 2.05) is 42.5 Å². The van der Waals surface area contributed by atoms with Crippen molar-refractivity contribution in [1.82, 2.24) is 15.0 Å². The van der Waals surface area contributed by atoms with Crippen molar-refractivity contribution < 1.29 is 0 Å². The number of nitrogen functional groups attached to an aromatic ring is 1. The van der Waals surface area contributed by atoms with Crippen molar-refractivity contribution in [2.24, 2.45) is 0 Å². The maximum Gasteiger partial charge on any atom is 0.0919 e. The van der Waals surface area contributed by atoms with Gasteiger partial charge in [0.15, 0.2) is 0 Å². The second-order valence-corrected chi connectivity index (χ2v) is 3.60. The van der Waals surface area contributed by atoms with Gasteiger partial charge in [0.05, 0.1) is 12.0 Å². The van der Waals surface area contributed by atoms with Crippen molar-refractivity contribution >= 4 is 5.69 Å². The molecule has 0 aliphatic rings. The first-order valence-electron chi connectivity index (χ1n) is 5.56. The summed E-state index contributed by atoms with van der Waals surface area (Å²) >= 11 is 0. The van der Waals surface area contributed by atoms with Crippen LogP contribution in [0, 0.1) is 0 Å². The number of aromatic nitrogens is 3. The van der Waals surface area contributed by atoms with E-state index in [1.54, 1.807) is 24.9 Å². The fraction of sp³-hybridized carbons (Fsp3) is 0. The molecule has 1 aromatic carbocycles. The van der Waals surface area contributed by atoms with E-state index in [4.69, 9.17) is 5.73 Å². The molecule has 0 fully saturated rings. The summed E-state index contributed by atoms with van der Waals surface area (Å²) in [5.74, 6) is 0. The Labute approximate surface area is 106 Å². The van der Waals surface area contributed by atoms with Gasteiger partial charge in [0, 0.05) is 29.8 Å². The molecule has 4 nitrogen and oxygen atoms in total. The smallest absolute Gasteiger partial charge is 0.0919 e. The van der Waals surface area contributed by atoms with Crippen molar-refractivity contribution in [2.45, 2.75) is 0 Å². The van der Waals surface area contributed by atoms with Crippen molar-refractivity contribution in [3.8, 4) is 11.3 Å². The van der Waals surface area contributed by atoms with Crippen LogP contribution in [0.1, 0.15) is 0 Å². The molecule has 90 valence electrons. The molecule has 2 heterocycles. The minimum atomic E-state index is 0.767. The molecule has 0 radical (unpaired) electrons. The number of imidazole rings is 1. The van der Waals surface area contributed by atoms with Gasteiger partial charge in [-0.1, -0.05) is 18.2 Å². The van der Waals surface area contributed by atoms with Gasteiger partial charge in [0.1, 0.15) is 0 Å². The molecule has 0 atom stereocenters. The highest BCUT2D eigenvalue weighted by molar-refractivity contribution is 5.63. The number of nitrogens with one attached hydrogen (secondary N) is 1. The van der Waals surface area contributed by atoms with Crippen LogP contribution >= 0.6 is 0 Å². The van der Waals surface area contributed by atoms with Crippen LogP contribution < -0.4 is 5.73 Å². The second kappa shape index (κ2) is 6.20. The zero-order valence-corrected chi connectivity index (χ0v) is 9.82. The number of hydrogen-bond acceptors (Lipinski definition) is 3. The topological polar surface area (TPSA) is 67.6 Å². The average Bonchev–Trinajstić information content (AvgIpc) is 2.99. The maximum atomic E-state index is 5.67. The highest BCUT2D eigenvalue weighted by atomic mass is 14.8. The molecule has 0 saturated carbocycles. The van der Waals surface area contributed by atoms with Gasteiger partial charge < -0.3 is 10.7 Å². The number of rotatable bonds is 1. The number of aromatic amines is 1. The summed E-state index contributed by atoms with van der Waals surface area (Å²) in [7, 11) is 0. The monoisotopic (exact) mass is 238 g/mol. The van der Waals surface area contributed by atoms with Crippen molar-refractivity contribution in [3.63, 3.8) is 0 Å². The molecule has 0 saturated heterocycles. The third-order valence-corrected chi connectivity index (χ3v) is 2.25. The molecule has 0 amide bonds. The van der Waals surface area contributed by atoms with Crippen LogP contribution in [0.4, 0.5) is 5.69 Å². The van der Waals surface area contributed by atoms with E-state index in [2.05, 4.69) is 15.0 Å². The molecule has 3 aromatic rings. The second-order valence-electron chi connectivity index (χ2n) is 3.60. The van der Waals surface area contributed by atoms with Gasteiger partial charge in [-0.05, 0) is 24.3 Å². The molecular weight excluding hydrogens is 224 g/mol. The number of nitrogens with two attached hydrogens (primary N) is 1. The van der Waals surface area contributed by atoms with E-state index in [0.717, 1.165) is 16.9 Å². The van der Waals surface area contributed by atoms with Crippen LogP contribution in [-0.2, 0) is 0 Å². The van der Waals surface area contributed by atoms with Crippen molar-refractivity contribution in [1.29, 1.82) is 0 Å². The van der Waals surface area contributed by atoms with Crippen molar-refractivity contribution in [3.05, 3.63) is 67.4 Å². The van der Waals surface area contributed by atoms with E-state index in [0.29, 0.717) is 0 Å². The van der Waals surface area contributed by atoms with Gasteiger partial charge >= 0.3 is 0 Å². The number of pyridine rings is 1. The lowest BCUT2D eigenvalue weighted by Gasteiger charge is -2.00. The Morgan fingerprint density at radius 3 is 2.50 bits per heavy atom. The van der Waals surface area contributed by atoms with Gasteiger partial charge in [-0.2, -0.15) is 0 Å². The normalized spacial score (nSPS) is 9.33.